The van der Waals surface area contributed by atoms with Gasteiger partial charge in [-0.05, 0) is 41.7 Å². The summed E-state index contributed by atoms with van der Waals surface area (Å²) in [5.41, 5.74) is 5.31. The summed E-state index contributed by atoms with van der Waals surface area (Å²) >= 11 is 0. The molecule has 4 unspecified atom stereocenters. The summed E-state index contributed by atoms with van der Waals surface area (Å²) < 4.78 is 17.4. The quantitative estimate of drug-likeness (QED) is 0.349. The van der Waals surface area contributed by atoms with Gasteiger partial charge in [0, 0.05) is 25.6 Å². The van der Waals surface area contributed by atoms with Crippen molar-refractivity contribution in [1.29, 1.82) is 0 Å². The number of carbonyl (C=O) groups is 3. The molecule has 3 aromatic carbocycles. The maximum atomic E-state index is 13.8. The Morgan fingerprint density at radius 3 is 2.17 bits per heavy atom. The zero-order valence-electron chi connectivity index (χ0n) is 23.8. The Bertz CT molecular complexity index is 1370. The first-order valence-electron chi connectivity index (χ1n) is 14.3. The summed E-state index contributed by atoms with van der Waals surface area (Å²) in [6.07, 6.45) is -2.11. The largest absolute Gasteiger partial charge is 0.481 e. The van der Waals surface area contributed by atoms with Gasteiger partial charge in [0.2, 0.25) is 5.91 Å². The smallest absolute Gasteiger partial charge is 0.407 e. The number of rotatable bonds is 11. The van der Waals surface area contributed by atoms with Gasteiger partial charge in [-0.25, -0.2) is 4.79 Å². The Kier molecular flexibility index (Phi) is 9.19. The van der Waals surface area contributed by atoms with Crippen LogP contribution >= 0.6 is 0 Å². The number of carboxylic acid groups (broad SMARTS) is 1. The van der Waals surface area contributed by atoms with Gasteiger partial charge in [-0.1, -0.05) is 78.9 Å². The number of carbonyl (C=O) groups excluding carboxylic acids is 2. The van der Waals surface area contributed by atoms with Crippen LogP contribution in [0.1, 0.15) is 36.5 Å². The van der Waals surface area contributed by atoms with Crippen LogP contribution in [-0.4, -0.2) is 72.5 Å². The minimum absolute atomic E-state index is 0.0207. The van der Waals surface area contributed by atoms with Gasteiger partial charge in [-0.3, -0.25) is 9.59 Å². The van der Waals surface area contributed by atoms with Gasteiger partial charge in [-0.15, -0.1) is 0 Å². The summed E-state index contributed by atoms with van der Waals surface area (Å²) in [5.74, 6) is -2.47. The van der Waals surface area contributed by atoms with Gasteiger partial charge >= 0.3 is 12.1 Å². The fourth-order valence-electron chi connectivity index (χ4n) is 5.82. The standard InChI is InChI=1S/C33H36N2O7/c1-3-40-29-18-35(17-27(29)32(37)38)31(36)30(21(2)41-19-22-11-5-4-6-12-22)34-33(39)42-20-28-25-15-9-7-13-23(25)24-14-8-10-16-26(24)28/h4-16,21,27-30H,3,17-20H2,1-2H3,(H,34,39)(H,37,38). The molecule has 220 valence electrons. The number of likely N-dealkylation sites (tertiary alicyclic amines) is 1. The molecule has 0 spiro atoms. The maximum Gasteiger partial charge on any atom is 0.407 e. The highest BCUT2D eigenvalue weighted by Gasteiger charge is 2.43. The molecule has 0 saturated carbocycles. The van der Waals surface area contributed by atoms with Crippen LogP contribution in [0.25, 0.3) is 11.1 Å². The monoisotopic (exact) mass is 572 g/mol. The van der Waals surface area contributed by atoms with E-state index < -0.39 is 42.1 Å². The third kappa shape index (κ3) is 6.32. The number of nitrogens with zero attached hydrogens (tertiary/aromatic N) is 1. The molecule has 4 atom stereocenters. The van der Waals surface area contributed by atoms with Crippen LogP contribution in [0.15, 0.2) is 78.9 Å². The summed E-state index contributed by atoms with van der Waals surface area (Å²) in [6.45, 7) is 4.23. The molecule has 1 saturated heterocycles. The van der Waals surface area contributed by atoms with Crippen molar-refractivity contribution in [3.63, 3.8) is 0 Å². The van der Waals surface area contributed by atoms with Crippen LogP contribution in [0, 0.1) is 5.92 Å². The molecule has 9 nitrogen and oxygen atoms in total. The highest BCUT2D eigenvalue weighted by molar-refractivity contribution is 5.87. The lowest BCUT2D eigenvalue weighted by Gasteiger charge is -2.28. The third-order valence-electron chi connectivity index (χ3n) is 7.98. The van der Waals surface area contributed by atoms with E-state index in [9.17, 15) is 19.5 Å². The van der Waals surface area contributed by atoms with Crippen molar-refractivity contribution in [2.45, 2.75) is 44.6 Å². The second-order valence-corrected chi connectivity index (χ2v) is 10.6. The molecule has 0 aromatic heterocycles. The summed E-state index contributed by atoms with van der Waals surface area (Å²) in [4.78, 5) is 40.2. The van der Waals surface area contributed by atoms with E-state index in [1.54, 1.807) is 13.8 Å². The van der Waals surface area contributed by atoms with Crippen LogP contribution in [0.3, 0.4) is 0 Å². The second kappa shape index (κ2) is 13.2. The highest BCUT2D eigenvalue weighted by atomic mass is 16.5. The molecule has 42 heavy (non-hydrogen) atoms. The number of fused-ring (bicyclic) bond motifs is 3. The van der Waals surface area contributed by atoms with E-state index in [0.29, 0.717) is 6.61 Å². The maximum absolute atomic E-state index is 13.8. The van der Waals surface area contributed by atoms with Crippen molar-refractivity contribution in [2.24, 2.45) is 5.92 Å². The number of nitrogens with one attached hydrogen (secondary N) is 1. The molecular weight excluding hydrogens is 536 g/mol. The number of hydrogen-bond acceptors (Lipinski definition) is 6. The molecule has 9 heteroatoms. The highest BCUT2D eigenvalue weighted by Crippen LogP contribution is 2.44. The van der Waals surface area contributed by atoms with E-state index in [4.69, 9.17) is 14.2 Å². The van der Waals surface area contributed by atoms with Gasteiger partial charge < -0.3 is 29.5 Å². The fraction of sp³-hybridized carbons (Fsp3) is 0.364. The zero-order chi connectivity index (χ0) is 29.6. The number of benzene rings is 3. The molecule has 0 radical (unpaired) electrons. The Balaban J connectivity index is 1.30. The molecule has 2 aliphatic rings. The first-order valence-corrected chi connectivity index (χ1v) is 14.3. The van der Waals surface area contributed by atoms with Crippen molar-refractivity contribution < 1.29 is 33.7 Å². The van der Waals surface area contributed by atoms with Crippen LogP contribution in [0.2, 0.25) is 0 Å². The average molecular weight is 573 g/mol. The molecular formula is C33H36N2O7. The van der Waals surface area contributed by atoms with E-state index in [1.807, 2.05) is 66.7 Å². The number of aliphatic carboxylic acids is 1. The van der Waals surface area contributed by atoms with E-state index in [-0.39, 0.29) is 32.2 Å². The first kappa shape index (κ1) is 29.3. The lowest BCUT2D eigenvalue weighted by molar-refractivity contribution is -0.145. The molecule has 5 rings (SSSR count). The molecule has 2 N–H and O–H groups in total. The Morgan fingerprint density at radius 1 is 0.929 bits per heavy atom. The molecule has 1 fully saturated rings. The van der Waals surface area contributed by atoms with E-state index in [2.05, 4.69) is 17.4 Å². The topological polar surface area (TPSA) is 114 Å². The van der Waals surface area contributed by atoms with Crippen molar-refractivity contribution in [2.75, 3.05) is 26.3 Å². The number of amides is 2. The number of carboxylic acids is 1. The fourth-order valence-corrected chi connectivity index (χ4v) is 5.82. The second-order valence-electron chi connectivity index (χ2n) is 10.6. The first-order chi connectivity index (χ1) is 20.4. The van der Waals surface area contributed by atoms with Gasteiger partial charge in [0.25, 0.3) is 0 Å². The van der Waals surface area contributed by atoms with E-state index in [1.165, 1.54) is 4.90 Å². The summed E-state index contributed by atoms with van der Waals surface area (Å²) in [6, 6.07) is 24.5. The van der Waals surface area contributed by atoms with Crippen molar-refractivity contribution in [1.82, 2.24) is 10.2 Å². The molecule has 3 aromatic rings. The Hall–Kier alpha value is -4.21. The number of hydrogen-bond donors (Lipinski definition) is 2. The number of ether oxygens (including phenoxy) is 3. The molecule has 1 heterocycles. The van der Waals surface area contributed by atoms with Crippen LogP contribution in [0.4, 0.5) is 4.79 Å². The predicted molar refractivity (Wildman–Crippen MR) is 156 cm³/mol. The number of alkyl carbamates (subject to hydrolysis) is 1. The van der Waals surface area contributed by atoms with Crippen LogP contribution in [-0.2, 0) is 30.4 Å². The summed E-state index contributed by atoms with van der Waals surface area (Å²) in [5, 5.41) is 12.4. The SMILES string of the molecule is CCOC1CN(C(=O)C(NC(=O)OCC2c3ccccc3-c3ccccc32)C(C)OCc2ccccc2)CC1C(=O)O. The zero-order valence-corrected chi connectivity index (χ0v) is 23.8. The molecule has 2 amide bonds. The van der Waals surface area contributed by atoms with E-state index in [0.717, 1.165) is 27.8 Å². The van der Waals surface area contributed by atoms with Crippen LogP contribution in [0.5, 0.6) is 0 Å². The molecule has 1 aliphatic heterocycles. The minimum atomic E-state index is -1.10. The molecule has 0 bridgehead atoms. The van der Waals surface area contributed by atoms with Crippen molar-refractivity contribution in [3.8, 4) is 11.1 Å². The normalized spacial score (nSPS) is 19.0. The van der Waals surface area contributed by atoms with Crippen LogP contribution < -0.4 is 5.32 Å². The van der Waals surface area contributed by atoms with E-state index >= 15 is 0 Å². The lowest BCUT2D eigenvalue weighted by Crippen LogP contribution is -2.54. The lowest BCUT2D eigenvalue weighted by atomic mass is 9.98. The van der Waals surface area contributed by atoms with Gasteiger partial charge in [0.1, 0.15) is 18.6 Å². The predicted octanol–water partition coefficient (Wildman–Crippen LogP) is 4.45. The van der Waals surface area contributed by atoms with Crippen molar-refractivity contribution >= 4 is 18.0 Å². The average Bonchev–Trinajstić information content (AvgIpc) is 3.57. The Morgan fingerprint density at radius 2 is 1.55 bits per heavy atom. The minimum Gasteiger partial charge on any atom is -0.481 e. The van der Waals surface area contributed by atoms with Crippen molar-refractivity contribution in [3.05, 3.63) is 95.6 Å². The van der Waals surface area contributed by atoms with Gasteiger partial charge in [0.15, 0.2) is 0 Å². The Labute approximate surface area is 245 Å². The molecule has 1 aliphatic carbocycles. The van der Waals surface area contributed by atoms with Gasteiger partial charge in [0.05, 0.1) is 18.8 Å². The summed E-state index contributed by atoms with van der Waals surface area (Å²) in [7, 11) is 0. The van der Waals surface area contributed by atoms with Gasteiger partial charge in [-0.2, -0.15) is 0 Å². The third-order valence-corrected chi connectivity index (χ3v) is 7.98.